The summed E-state index contributed by atoms with van der Waals surface area (Å²) in [5, 5.41) is 9.13. The molecule has 3 nitrogen and oxygen atoms in total. The van der Waals surface area contributed by atoms with Crippen LogP contribution in [0, 0.1) is 16.7 Å². The largest absolute Gasteiger partial charge is 0.481 e. The molecular weight excluding hydrogens is 192 g/mol. The lowest BCUT2D eigenvalue weighted by Crippen LogP contribution is -2.44. The number of carboxylic acid groups (broad SMARTS) is 1. The van der Waals surface area contributed by atoms with Crippen LogP contribution in [-0.2, 0) is 9.59 Å². The third-order valence-corrected chi connectivity index (χ3v) is 3.69. The summed E-state index contributed by atoms with van der Waals surface area (Å²) in [7, 11) is 0. The Hall–Kier alpha value is -0.860. The number of Topliss-reactive ketones (excluding diaryl/α,β-unsaturated/α-hetero) is 1. The third kappa shape index (κ3) is 2.21. The lowest BCUT2D eigenvalue weighted by atomic mass is 9.63. The molecule has 2 unspecified atom stereocenters. The molecule has 0 aliphatic heterocycles. The second kappa shape index (κ2) is 3.62. The summed E-state index contributed by atoms with van der Waals surface area (Å²) in [6.07, 6.45) is 1.71. The van der Waals surface area contributed by atoms with Crippen LogP contribution in [0.4, 0.5) is 0 Å². The molecule has 0 aromatic heterocycles. The van der Waals surface area contributed by atoms with Gasteiger partial charge in [0, 0.05) is 6.42 Å². The van der Waals surface area contributed by atoms with Crippen molar-refractivity contribution in [3.05, 3.63) is 0 Å². The zero-order valence-corrected chi connectivity index (χ0v) is 9.96. The van der Waals surface area contributed by atoms with Gasteiger partial charge in [0.2, 0.25) is 0 Å². The smallest absolute Gasteiger partial charge is 0.316 e. The summed E-state index contributed by atoms with van der Waals surface area (Å²) in [5.74, 6) is -0.770. The van der Waals surface area contributed by atoms with Gasteiger partial charge in [-0.2, -0.15) is 0 Å². The molecule has 86 valence electrons. The number of carbonyl (C=O) groups excluding carboxylic acids is 1. The number of hydrogen-bond acceptors (Lipinski definition) is 2. The predicted octanol–water partition coefficient (Wildman–Crippen LogP) is 2.49. The SMILES string of the molecule is CC1(C(=O)O)CC(C(C)(C)C)CCC1=O. The summed E-state index contributed by atoms with van der Waals surface area (Å²) < 4.78 is 0. The fourth-order valence-electron chi connectivity index (χ4n) is 2.24. The van der Waals surface area contributed by atoms with Crippen molar-refractivity contribution in [1.82, 2.24) is 0 Å². The maximum atomic E-state index is 11.6. The molecule has 1 aliphatic carbocycles. The molecule has 1 N–H and O–H groups in total. The second-order valence-electron chi connectivity index (χ2n) is 5.87. The van der Waals surface area contributed by atoms with E-state index < -0.39 is 11.4 Å². The molecule has 3 heteroatoms. The standard InChI is InChI=1S/C12H20O3/c1-11(2,3)8-5-6-9(13)12(4,7-8)10(14)15/h8H,5-7H2,1-4H3,(H,14,15). The van der Waals surface area contributed by atoms with Crippen LogP contribution in [0.5, 0.6) is 0 Å². The van der Waals surface area contributed by atoms with Gasteiger partial charge < -0.3 is 5.11 Å². The highest BCUT2D eigenvalue weighted by atomic mass is 16.4. The summed E-state index contributed by atoms with van der Waals surface area (Å²) in [6, 6.07) is 0. The average Bonchev–Trinajstić information content (AvgIpc) is 2.07. The number of hydrogen-bond donors (Lipinski definition) is 1. The van der Waals surface area contributed by atoms with Gasteiger partial charge in [-0.3, -0.25) is 9.59 Å². The van der Waals surface area contributed by atoms with Crippen LogP contribution in [0.2, 0.25) is 0 Å². The Morgan fingerprint density at radius 2 is 2.00 bits per heavy atom. The maximum absolute atomic E-state index is 11.6. The fraction of sp³-hybridized carbons (Fsp3) is 0.833. The van der Waals surface area contributed by atoms with Crippen LogP contribution >= 0.6 is 0 Å². The van der Waals surface area contributed by atoms with E-state index in [0.29, 0.717) is 18.8 Å². The Morgan fingerprint density at radius 1 is 1.47 bits per heavy atom. The Morgan fingerprint density at radius 3 is 2.40 bits per heavy atom. The minimum absolute atomic E-state index is 0.0808. The van der Waals surface area contributed by atoms with E-state index in [1.165, 1.54) is 0 Å². The van der Waals surface area contributed by atoms with E-state index in [0.717, 1.165) is 6.42 Å². The Balaban J connectivity index is 2.91. The van der Waals surface area contributed by atoms with Crippen molar-refractivity contribution < 1.29 is 14.7 Å². The van der Waals surface area contributed by atoms with Crippen LogP contribution in [0.1, 0.15) is 47.0 Å². The quantitative estimate of drug-likeness (QED) is 0.679. The monoisotopic (exact) mass is 212 g/mol. The van der Waals surface area contributed by atoms with Crippen LogP contribution < -0.4 is 0 Å². The molecule has 0 bridgehead atoms. The van der Waals surface area contributed by atoms with Gasteiger partial charge in [0.05, 0.1) is 0 Å². The van der Waals surface area contributed by atoms with Crippen molar-refractivity contribution >= 4 is 11.8 Å². The van der Waals surface area contributed by atoms with Gasteiger partial charge in [0.25, 0.3) is 0 Å². The van der Waals surface area contributed by atoms with Crippen LogP contribution in [0.3, 0.4) is 0 Å². The Bertz CT molecular complexity index is 288. The fourth-order valence-corrected chi connectivity index (χ4v) is 2.24. The van der Waals surface area contributed by atoms with Gasteiger partial charge in [0.15, 0.2) is 0 Å². The van der Waals surface area contributed by atoms with Crippen molar-refractivity contribution in [3.8, 4) is 0 Å². The van der Waals surface area contributed by atoms with E-state index in [1.54, 1.807) is 6.92 Å². The highest BCUT2D eigenvalue weighted by Gasteiger charge is 2.47. The molecule has 0 radical (unpaired) electrons. The van der Waals surface area contributed by atoms with Crippen molar-refractivity contribution in [1.29, 1.82) is 0 Å². The molecule has 0 spiro atoms. The molecule has 0 saturated heterocycles. The first-order valence-electron chi connectivity index (χ1n) is 5.44. The van der Waals surface area contributed by atoms with Crippen molar-refractivity contribution in [3.63, 3.8) is 0 Å². The second-order valence-corrected chi connectivity index (χ2v) is 5.87. The predicted molar refractivity (Wildman–Crippen MR) is 57.5 cm³/mol. The number of aliphatic carboxylic acids is 1. The van der Waals surface area contributed by atoms with Crippen LogP contribution in [-0.4, -0.2) is 16.9 Å². The van der Waals surface area contributed by atoms with Gasteiger partial charge in [-0.15, -0.1) is 0 Å². The molecule has 1 aliphatic rings. The average molecular weight is 212 g/mol. The Kier molecular flexibility index (Phi) is 2.94. The normalized spacial score (nSPS) is 32.8. The minimum Gasteiger partial charge on any atom is -0.481 e. The van der Waals surface area contributed by atoms with E-state index in [-0.39, 0.29) is 11.2 Å². The highest BCUT2D eigenvalue weighted by molar-refractivity contribution is 6.03. The Labute approximate surface area is 90.9 Å². The van der Waals surface area contributed by atoms with Gasteiger partial charge in [-0.25, -0.2) is 0 Å². The van der Waals surface area contributed by atoms with Crippen molar-refractivity contribution in [2.75, 3.05) is 0 Å². The van der Waals surface area contributed by atoms with Crippen LogP contribution in [0.15, 0.2) is 0 Å². The molecular formula is C12H20O3. The third-order valence-electron chi connectivity index (χ3n) is 3.69. The summed E-state index contributed by atoms with van der Waals surface area (Å²) >= 11 is 0. The van der Waals surface area contributed by atoms with E-state index in [2.05, 4.69) is 20.8 Å². The zero-order valence-electron chi connectivity index (χ0n) is 9.96. The molecule has 1 saturated carbocycles. The van der Waals surface area contributed by atoms with Gasteiger partial charge in [-0.05, 0) is 31.1 Å². The van der Waals surface area contributed by atoms with Gasteiger partial charge in [0.1, 0.15) is 11.2 Å². The first-order chi connectivity index (χ1) is 6.68. The highest BCUT2D eigenvalue weighted by Crippen LogP contribution is 2.44. The number of rotatable bonds is 1. The van der Waals surface area contributed by atoms with Crippen molar-refractivity contribution in [2.45, 2.75) is 47.0 Å². The molecule has 1 fully saturated rings. The zero-order chi connectivity index (χ0) is 11.9. The molecule has 1 rings (SSSR count). The summed E-state index contributed by atoms with van der Waals surface area (Å²) in [6.45, 7) is 7.89. The van der Waals surface area contributed by atoms with E-state index in [9.17, 15) is 9.59 Å². The number of ketones is 1. The minimum atomic E-state index is -1.16. The first kappa shape index (κ1) is 12.2. The van der Waals surface area contributed by atoms with E-state index in [4.69, 9.17) is 5.11 Å². The topological polar surface area (TPSA) is 54.4 Å². The lowest BCUT2D eigenvalue weighted by Gasteiger charge is -2.40. The molecule has 0 aromatic rings. The van der Waals surface area contributed by atoms with E-state index in [1.807, 2.05) is 0 Å². The molecule has 0 heterocycles. The first-order valence-corrected chi connectivity index (χ1v) is 5.44. The molecule has 2 atom stereocenters. The molecule has 15 heavy (non-hydrogen) atoms. The summed E-state index contributed by atoms with van der Waals surface area (Å²) in [4.78, 5) is 22.8. The van der Waals surface area contributed by atoms with Crippen molar-refractivity contribution in [2.24, 2.45) is 16.7 Å². The molecule has 0 amide bonds. The number of carboxylic acids is 1. The van der Waals surface area contributed by atoms with Crippen LogP contribution in [0.25, 0.3) is 0 Å². The van der Waals surface area contributed by atoms with Gasteiger partial charge >= 0.3 is 5.97 Å². The number of carbonyl (C=O) groups is 2. The lowest BCUT2D eigenvalue weighted by molar-refractivity contribution is -0.158. The summed E-state index contributed by atoms with van der Waals surface area (Å²) in [5.41, 5.74) is -1.08. The van der Waals surface area contributed by atoms with E-state index >= 15 is 0 Å². The van der Waals surface area contributed by atoms with Gasteiger partial charge in [-0.1, -0.05) is 20.8 Å². The molecule has 0 aromatic carbocycles. The maximum Gasteiger partial charge on any atom is 0.316 e.